The summed E-state index contributed by atoms with van der Waals surface area (Å²) in [5.74, 6) is -0.229. The molecule has 88 valence electrons. The van der Waals surface area contributed by atoms with Crippen LogP contribution in [0.2, 0.25) is 0 Å². The second-order valence-corrected chi connectivity index (χ2v) is 4.07. The number of benzene rings is 1. The average molecular weight is 230 g/mol. The topological polar surface area (TPSA) is 9.23 Å². The van der Waals surface area contributed by atoms with E-state index in [4.69, 9.17) is 4.74 Å². The smallest absolute Gasteiger partial charge is 0.123 e. The van der Waals surface area contributed by atoms with Crippen molar-refractivity contribution in [2.24, 2.45) is 0 Å². The second-order valence-electron chi connectivity index (χ2n) is 4.07. The van der Waals surface area contributed by atoms with Crippen molar-refractivity contribution in [2.75, 3.05) is 0 Å². The van der Waals surface area contributed by atoms with Gasteiger partial charge in [0.25, 0.3) is 0 Å². The van der Waals surface area contributed by atoms with Crippen molar-refractivity contribution in [3.63, 3.8) is 0 Å². The lowest BCUT2D eigenvalue weighted by Crippen LogP contribution is -2.27. The third-order valence-electron chi connectivity index (χ3n) is 2.83. The molecule has 0 saturated carbocycles. The molecule has 0 N–H and O–H groups in total. The SMILES string of the molecule is C=CC1(OCc2ccc(F)cc2)C=CC=CC1. The number of allylic oxidation sites excluding steroid dienone is 2. The predicted molar refractivity (Wildman–Crippen MR) is 67.0 cm³/mol. The van der Waals surface area contributed by atoms with Crippen molar-refractivity contribution in [1.82, 2.24) is 0 Å². The predicted octanol–water partition coefficient (Wildman–Crippen LogP) is 3.78. The number of rotatable bonds is 4. The first-order valence-electron chi connectivity index (χ1n) is 5.60. The Balaban J connectivity index is 2.01. The first kappa shape index (κ1) is 11.8. The number of halogens is 1. The van der Waals surface area contributed by atoms with Crippen molar-refractivity contribution >= 4 is 0 Å². The van der Waals surface area contributed by atoms with E-state index in [9.17, 15) is 4.39 Å². The molecule has 0 aliphatic heterocycles. The first-order chi connectivity index (χ1) is 8.24. The minimum atomic E-state index is -0.427. The van der Waals surface area contributed by atoms with Gasteiger partial charge in [0, 0.05) is 6.42 Å². The highest BCUT2D eigenvalue weighted by atomic mass is 19.1. The third kappa shape index (κ3) is 2.92. The highest BCUT2D eigenvalue weighted by molar-refractivity contribution is 5.24. The van der Waals surface area contributed by atoms with Gasteiger partial charge in [-0.2, -0.15) is 0 Å². The summed E-state index contributed by atoms with van der Waals surface area (Å²) in [5.41, 5.74) is 0.527. The fourth-order valence-corrected chi connectivity index (χ4v) is 1.73. The summed E-state index contributed by atoms with van der Waals surface area (Å²) in [7, 11) is 0. The summed E-state index contributed by atoms with van der Waals surface area (Å²) in [6.07, 6.45) is 10.6. The van der Waals surface area contributed by atoms with Gasteiger partial charge in [-0.3, -0.25) is 0 Å². The Labute approximate surface area is 101 Å². The molecule has 0 radical (unpaired) electrons. The molecule has 1 aliphatic carbocycles. The van der Waals surface area contributed by atoms with E-state index < -0.39 is 5.60 Å². The molecule has 1 atom stereocenters. The van der Waals surface area contributed by atoms with Gasteiger partial charge in [-0.15, -0.1) is 0 Å². The van der Waals surface area contributed by atoms with Crippen LogP contribution < -0.4 is 0 Å². The molecule has 0 spiro atoms. The summed E-state index contributed by atoms with van der Waals surface area (Å²) in [6.45, 7) is 4.26. The molecule has 2 rings (SSSR count). The molecule has 17 heavy (non-hydrogen) atoms. The Morgan fingerprint density at radius 3 is 2.65 bits per heavy atom. The summed E-state index contributed by atoms with van der Waals surface area (Å²) in [5, 5.41) is 0. The van der Waals surface area contributed by atoms with E-state index in [0.29, 0.717) is 6.61 Å². The van der Waals surface area contributed by atoms with E-state index in [2.05, 4.69) is 6.58 Å². The summed E-state index contributed by atoms with van der Waals surface area (Å²) < 4.78 is 18.6. The van der Waals surface area contributed by atoms with Gasteiger partial charge < -0.3 is 4.74 Å². The normalized spacial score (nSPS) is 22.6. The summed E-state index contributed by atoms with van der Waals surface area (Å²) in [4.78, 5) is 0. The van der Waals surface area contributed by atoms with Crippen molar-refractivity contribution < 1.29 is 9.13 Å². The molecule has 1 nitrogen and oxygen atoms in total. The van der Waals surface area contributed by atoms with Gasteiger partial charge in [-0.1, -0.05) is 43.0 Å². The molecule has 1 aromatic carbocycles. The van der Waals surface area contributed by atoms with Crippen LogP contribution in [0.4, 0.5) is 4.39 Å². The van der Waals surface area contributed by atoms with Crippen LogP contribution in [0.1, 0.15) is 12.0 Å². The maximum Gasteiger partial charge on any atom is 0.123 e. The first-order valence-corrected chi connectivity index (χ1v) is 5.60. The van der Waals surface area contributed by atoms with Gasteiger partial charge in [0.05, 0.1) is 6.61 Å². The molecule has 0 amide bonds. The van der Waals surface area contributed by atoms with Gasteiger partial charge in [0.2, 0.25) is 0 Å². The number of hydrogen-bond donors (Lipinski definition) is 0. The monoisotopic (exact) mass is 230 g/mol. The van der Waals surface area contributed by atoms with Crippen molar-refractivity contribution in [1.29, 1.82) is 0 Å². The third-order valence-corrected chi connectivity index (χ3v) is 2.83. The largest absolute Gasteiger partial charge is 0.362 e. The van der Waals surface area contributed by atoms with E-state index in [0.717, 1.165) is 12.0 Å². The van der Waals surface area contributed by atoms with Crippen molar-refractivity contribution in [3.05, 3.63) is 72.6 Å². The van der Waals surface area contributed by atoms with Crippen LogP contribution in [0.25, 0.3) is 0 Å². The van der Waals surface area contributed by atoms with E-state index in [1.54, 1.807) is 18.2 Å². The molecule has 0 aromatic heterocycles. The van der Waals surface area contributed by atoms with Gasteiger partial charge in [-0.25, -0.2) is 4.39 Å². The maximum atomic E-state index is 12.7. The van der Waals surface area contributed by atoms with Crippen molar-refractivity contribution in [3.8, 4) is 0 Å². The highest BCUT2D eigenvalue weighted by Gasteiger charge is 2.23. The van der Waals surface area contributed by atoms with Crippen LogP contribution in [-0.4, -0.2) is 5.60 Å². The molecule has 1 aromatic rings. The van der Waals surface area contributed by atoms with Gasteiger partial charge in [0.15, 0.2) is 0 Å². The molecular formula is C15H15FO. The Bertz CT molecular complexity index is 444. The molecular weight excluding hydrogens is 215 g/mol. The minimum Gasteiger partial charge on any atom is -0.362 e. The van der Waals surface area contributed by atoms with Crippen LogP contribution in [-0.2, 0) is 11.3 Å². The Hall–Kier alpha value is -1.67. The molecule has 2 heteroatoms. The van der Waals surface area contributed by atoms with E-state index in [1.807, 2.05) is 24.3 Å². The molecule has 0 fully saturated rings. The standard InChI is InChI=1S/C15H15FO/c1-2-15(10-4-3-5-11-15)17-12-13-6-8-14(16)9-7-13/h2-10H,1,11-12H2. The summed E-state index contributed by atoms with van der Waals surface area (Å²) in [6, 6.07) is 6.34. The number of hydrogen-bond acceptors (Lipinski definition) is 1. The lowest BCUT2D eigenvalue weighted by molar-refractivity contribution is 0.0166. The van der Waals surface area contributed by atoms with Crippen LogP contribution in [0.15, 0.2) is 61.2 Å². The molecule has 0 bridgehead atoms. The highest BCUT2D eigenvalue weighted by Crippen LogP contribution is 2.25. The summed E-state index contributed by atoms with van der Waals surface area (Å²) >= 11 is 0. The Kier molecular flexibility index (Phi) is 3.55. The lowest BCUT2D eigenvalue weighted by atomic mass is 9.95. The molecule has 1 unspecified atom stereocenters. The van der Waals surface area contributed by atoms with Crippen LogP contribution in [0.5, 0.6) is 0 Å². The van der Waals surface area contributed by atoms with E-state index in [1.165, 1.54) is 12.1 Å². The lowest BCUT2D eigenvalue weighted by Gasteiger charge is -2.28. The zero-order valence-electron chi connectivity index (χ0n) is 9.60. The zero-order chi connectivity index (χ0) is 12.1. The quantitative estimate of drug-likeness (QED) is 0.715. The van der Waals surface area contributed by atoms with Crippen LogP contribution in [0.3, 0.4) is 0 Å². The number of ether oxygens (including phenoxy) is 1. The van der Waals surface area contributed by atoms with Gasteiger partial charge in [-0.05, 0) is 23.8 Å². The van der Waals surface area contributed by atoms with Crippen LogP contribution >= 0.6 is 0 Å². The van der Waals surface area contributed by atoms with Crippen molar-refractivity contribution in [2.45, 2.75) is 18.6 Å². The second kappa shape index (κ2) is 5.11. The van der Waals surface area contributed by atoms with Gasteiger partial charge >= 0.3 is 0 Å². The fourth-order valence-electron chi connectivity index (χ4n) is 1.73. The van der Waals surface area contributed by atoms with Crippen LogP contribution in [0, 0.1) is 5.82 Å². The zero-order valence-corrected chi connectivity index (χ0v) is 9.60. The Morgan fingerprint density at radius 2 is 2.06 bits per heavy atom. The molecule has 0 heterocycles. The van der Waals surface area contributed by atoms with Gasteiger partial charge in [0.1, 0.15) is 11.4 Å². The molecule has 1 aliphatic rings. The Morgan fingerprint density at radius 1 is 1.29 bits per heavy atom. The minimum absolute atomic E-state index is 0.229. The molecule has 0 saturated heterocycles. The fraction of sp³-hybridized carbons (Fsp3) is 0.200. The maximum absolute atomic E-state index is 12.7. The van der Waals surface area contributed by atoms with E-state index in [-0.39, 0.29) is 5.82 Å². The van der Waals surface area contributed by atoms with E-state index >= 15 is 0 Å². The average Bonchev–Trinajstić information content (AvgIpc) is 2.39.